The van der Waals surface area contributed by atoms with Crippen LogP contribution in [0.2, 0.25) is 0 Å². The Bertz CT molecular complexity index is 926. The van der Waals surface area contributed by atoms with Crippen molar-refractivity contribution in [2.24, 2.45) is 0 Å². The molecular formula is C11H11N5O3S2. The average Bonchev–Trinajstić information content (AvgIpc) is 3.09. The number of thiophene rings is 1. The number of sulfonamides is 1. The molecular weight excluding hydrogens is 314 g/mol. The van der Waals surface area contributed by atoms with Crippen LogP contribution in [-0.4, -0.2) is 39.7 Å². The third-order valence-electron chi connectivity index (χ3n) is 2.90. The number of fused-ring (bicyclic) bond motifs is 1. The smallest absolute Gasteiger partial charge is 0.268 e. The molecule has 0 unspecified atom stereocenters. The number of aromatic amines is 2. The average molecular weight is 325 g/mol. The number of aromatic nitrogens is 4. The Labute approximate surface area is 123 Å². The molecule has 0 atom stereocenters. The van der Waals surface area contributed by atoms with Crippen molar-refractivity contribution in [1.82, 2.24) is 24.2 Å². The zero-order chi connectivity index (χ0) is 15.0. The fourth-order valence-corrected chi connectivity index (χ4v) is 3.59. The predicted molar refractivity (Wildman–Crippen MR) is 77.5 cm³/mol. The van der Waals surface area contributed by atoms with Gasteiger partial charge in [0, 0.05) is 7.05 Å². The Morgan fingerprint density at radius 1 is 1.43 bits per heavy atom. The molecule has 0 saturated heterocycles. The lowest BCUT2D eigenvalue weighted by molar-refractivity contribution is 0.454. The molecule has 3 aromatic heterocycles. The first-order chi connectivity index (χ1) is 9.98. The van der Waals surface area contributed by atoms with Crippen LogP contribution >= 0.6 is 11.3 Å². The van der Waals surface area contributed by atoms with E-state index in [1.807, 2.05) is 0 Å². The Morgan fingerprint density at radius 3 is 2.95 bits per heavy atom. The lowest BCUT2D eigenvalue weighted by atomic mass is 10.4. The van der Waals surface area contributed by atoms with Crippen LogP contribution in [-0.2, 0) is 16.6 Å². The van der Waals surface area contributed by atoms with Gasteiger partial charge in [-0.05, 0) is 11.4 Å². The van der Waals surface area contributed by atoms with Gasteiger partial charge in [-0.2, -0.15) is 4.31 Å². The molecule has 0 aliphatic carbocycles. The highest BCUT2D eigenvalue weighted by molar-refractivity contribution is 7.89. The van der Waals surface area contributed by atoms with Crippen molar-refractivity contribution in [1.29, 1.82) is 0 Å². The fourth-order valence-electron chi connectivity index (χ4n) is 1.84. The number of nitrogens with zero attached hydrogens (tertiary/aromatic N) is 3. The van der Waals surface area contributed by atoms with Gasteiger partial charge >= 0.3 is 0 Å². The van der Waals surface area contributed by atoms with Crippen molar-refractivity contribution in [3.05, 3.63) is 40.1 Å². The van der Waals surface area contributed by atoms with Crippen LogP contribution in [0, 0.1) is 0 Å². The zero-order valence-electron chi connectivity index (χ0n) is 10.9. The predicted octanol–water partition coefficient (Wildman–Crippen LogP) is 0.528. The maximum absolute atomic E-state index is 12.2. The molecule has 3 heterocycles. The fraction of sp³-hybridized carbons (Fsp3) is 0.182. The molecule has 0 aromatic carbocycles. The topological polar surface area (TPSA) is 112 Å². The van der Waals surface area contributed by atoms with E-state index in [1.165, 1.54) is 30.9 Å². The molecule has 8 nitrogen and oxygen atoms in total. The minimum atomic E-state index is -3.69. The second kappa shape index (κ2) is 5.06. The Balaban J connectivity index is 1.93. The summed E-state index contributed by atoms with van der Waals surface area (Å²) in [5.74, 6) is 0.288. The summed E-state index contributed by atoms with van der Waals surface area (Å²) in [4.78, 5) is 24.9. The standard InChI is InChI=1S/C11H11N5O3S2/c1-16(21(18,19)9-4-12-6-13-9)5-8-14-7-2-3-20-10(7)11(17)15-8/h2-4,6H,5H2,1H3,(H,12,13)(H,14,15,17). The van der Waals surface area contributed by atoms with Gasteiger partial charge in [0.25, 0.3) is 15.6 Å². The van der Waals surface area contributed by atoms with Gasteiger partial charge in [0.1, 0.15) is 10.5 Å². The van der Waals surface area contributed by atoms with E-state index in [0.717, 1.165) is 4.31 Å². The molecule has 0 aliphatic heterocycles. The van der Waals surface area contributed by atoms with Crippen LogP contribution in [0.15, 0.2) is 33.8 Å². The molecule has 3 aromatic rings. The largest absolute Gasteiger partial charge is 0.335 e. The number of rotatable bonds is 4. The molecule has 0 saturated carbocycles. The molecule has 10 heteroatoms. The molecule has 0 bridgehead atoms. The van der Waals surface area contributed by atoms with Crippen LogP contribution < -0.4 is 5.56 Å². The third-order valence-corrected chi connectivity index (χ3v) is 5.53. The highest BCUT2D eigenvalue weighted by Gasteiger charge is 2.23. The quantitative estimate of drug-likeness (QED) is 0.726. The lowest BCUT2D eigenvalue weighted by Crippen LogP contribution is -2.28. The van der Waals surface area contributed by atoms with Gasteiger partial charge in [-0.3, -0.25) is 4.79 Å². The van der Waals surface area contributed by atoms with E-state index in [2.05, 4.69) is 19.9 Å². The summed E-state index contributed by atoms with van der Waals surface area (Å²) in [6, 6.07) is 1.72. The molecule has 0 aliphatic rings. The molecule has 0 fully saturated rings. The molecule has 0 radical (unpaired) electrons. The zero-order valence-corrected chi connectivity index (χ0v) is 12.5. The van der Waals surface area contributed by atoms with Crippen molar-refractivity contribution in [2.75, 3.05) is 7.05 Å². The maximum Gasteiger partial charge on any atom is 0.268 e. The van der Waals surface area contributed by atoms with E-state index in [4.69, 9.17) is 0 Å². The number of H-pyrrole nitrogens is 2. The highest BCUT2D eigenvalue weighted by Crippen LogP contribution is 2.16. The lowest BCUT2D eigenvalue weighted by Gasteiger charge is -2.15. The minimum Gasteiger partial charge on any atom is -0.335 e. The van der Waals surface area contributed by atoms with Gasteiger partial charge in [-0.15, -0.1) is 11.3 Å². The first-order valence-electron chi connectivity index (χ1n) is 5.89. The van der Waals surface area contributed by atoms with Crippen molar-refractivity contribution in [3.63, 3.8) is 0 Å². The van der Waals surface area contributed by atoms with Gasteiger partial charge in [0.15, 0.2) is 5.03 Å². The third kappa shape index (κ3) is 2.48. The van der Waals surface area contributed by atoms with Crippen LogP contribution in [0.3, 0.4) is 0 Å². The van der Waals surface area contributed by atoms with Gasteiger partial charge in [-0.25, -0.2) is 18.4 Å². The summed E-state index contributed by atoms with van der Waals surface area (Å²) in [7, 11) is -2.28. The van der Waals surface area contributed by atoms with Crippen LogP contribution in [0.25, 0.3) is 10.2 Å². The SMILES string of the molecule is CN(Cc1nc2ccsc2c(=O)[nH]1)S(=O)(=O)c1cnc[nH]1. The summed E-state index contributed by atoms with van der Waals surface area (Å²) < 4.78 is 26.1. The second-order valence-corrected chi connectivity index (χ2v) is 7.25. The van der Waals surface area contributed by atoms with Crippen LogP contribution in [0.5, 0.6) is 0 Å². The maximum atomic E-state index is 12.2. The first kappa shape index (κ1) is 13.9. The van der Waals surface area contributed by atoms with Crippen molar-refractivity contribution >= 4 is 31.6 Å². The van der Waals surface area contributed by atoms with E-state index >= 15 is 0 Å². The summed E-state index contributed by atoms with van der Waals surface area (Å²) in [6.45, 7) is -0.0393. The van der Waals surface area contributed by atoms with Crippen molar-refractivity contribution < 1.29 is 8.42 Å². The molecule has 3 rings (SSSR count). The van der Waals surface area contributed by atoms with E-state index in [1.54, 1.807) is 11.4 Å². The van der Waals surface area contributed by atoms with Gasteiger partial charge in [0.05, 0.1) is 24.6 Å². The van der Waals surface area contributed by atoms with Gasteiger partial charge < -0.3 is 9.97 Å². The number of hydrogen-bond acceptors (Lipinski definition) is 6. The van der Waals surface area contributed by atoms with Crippen LogP contribution in [0.1, 0.15) is 5.82 Å². The number of hydrogen-bond donors (Lipinski definition) is 2. The Hall–Kier alpha value is -2.04. The summed E-state index contributed by atoms with van der Waals surface area (Å²) >= 11 is 1.29. The molecule has 0 amide bonds. The van der Waals surface area contributed by atoms with E-state index in [-0.39, 0.29) is 23.0 Å². The molecule has 2 N–H and O–H groups in total. The molecule has 110 valence electrons. The Kier molecular flexibility index (Phi) is 3.35. The van der Waals surface area contributed by atoms with Crippen LogP contribution in [0.4, 0.5) is 0 Å². The normalized spacial score (nSPS) is 12.3. The van der Waals surface area contributed by atoms with E-state index in [9.17, 15) is 13.2 Å². The second-order valence-electron chi connectivity index (χ2n) is 4.32. The van der Waals surface area contributed by atoms with Crippen molar-refractivity contribution in [2.45, 2.75) is 11.6 Å². The minimum absolute atomic E-state index is 0.0102. The summed E-state index contributed by atoms with van der Waals surface area (Å²) in [6.07, 6.45) is 2.52. The molecule has 0 spiro atoms. The van der Waals surface area contributed by atoms with Gasteiger partial charge in [0.2, 0.25) is 0 Å². The highest BCUT2D eigenvalue weighted by atomic mass is 32.2. The van der Waals surface area contributed by atoms with Gasteiger partial charge in [-0.1, -0.05) is 0 Å². The monoisotopic (exact) mass is 325 g/mol. The number of imidazole rings is 1. The molecule has 21 heavy (non-hydrogen) atoms. The Morgan fingerprint density at radius 2 is 2.24 bits per heavy atom. The van der Waals surface area contributed by atoms with Crippen molar-refractivity contribution in [3.8, 4) is 0 Å². The summed E-state index contributed by atoms with van der Waals surface area (Å²) in [5.41, 5.74) is 0.295. The first-order valence-corrected chi connectivity index (χ1v) is 8.21. The summed E-state index contributed by atoms with van der Waals surface area (Å²) in [5, 5.41) is 1.76. The van der Waals surface area contributed by atoms with E-state index in [0.29, 0.717) is 10.2 Å². The van der Waals surface area contributed by atoms with E-state index < -0.39 is 10.0 Å². The number of nitrogens with one attached hydrogen (secondary N) is 2.